The summed E-state index contributed by atoms with van der Waals surface area (Å²) in [6, 6.07) is 4.67. The van der Waals surface area contributed by atoms with Gasteiger partial charge in [-0.2, -0.15) is 0 Å². The number of hydrogen-bond acceptors (Lipinski definition) is 2. The minimum Gasteiger partial charge on any atom is -0.383 e. The van der Waals surface area contributed by atoms with Crippen molar-refractivity contribution in [2.45, 2.75) is 26.8 Å². The molecule has 1 heterocycles. The molecule has 3 nitrogen and oxygen atoms in total. The van der Waals surface area contributed by atoms with Crippen LogP contribution in [-0.2, 0) is 0 Å². The molecule has 1 aromatic carbocycles. The van der Waals surface area contributed by atoms with E-state index in [1.165, 1.54) is 6.07 Å². The van der Waals surface area contributed by atoms with E-state index in [4.69, 9.17) is 17.3 Å². The van der Waals surface area contributed by atoms with Gasteiger partial charge in [0.15, 0.2) is 0 Å². The highest BCUT2D eigenvalue weighted by molar-refractivity contribution is 6.30. The molecule has 18 heavy (non-hydrogen) atoms. The van der Waals surface area contributed by atoms with Crippen LogP contribution < -0.4 is 5.73 Å². The van der Waals surface area contributed by atoms with Gasteiger partial charge in [0.05, 0.1) is 0 Å². The number of nitrogens with two attached hydrogens (primary N) is 1. The first-order chi connectivity index (χ1) is 8.41. The van der Waals surface area contributed by atoms with Crippen LogP contribution >= 0.6 is 11.6 Å². The topological polar surface area (TPSA) is 43.8 Å². The summed E-state index contributed by atoms with van der Waals surface area (Å²) in [7, 11) is 0. The van der Waals surface area contributed by atoms with Crippen LogP contribution in [0.15, 0.2) is 18.2 Å². The minimum absolute atomic E-state index is 0.182. The Morgan fingerprint density at radius 1 is 1.39 bits per heavy atom. The Hall–Kier alpha value is -1.55. The lowest BCUT2D eigenvalue weighted by Gasteiger charge is -2.11. The lowest BCUT2D eigenvalue weighted by Crippen LogP contribution is -2.07. The number of nitrogens with zero attached hydrogens (tertiary/aromatic N) is 2. The normalized spacial score (nSPS) is 11.2. The van der Waals surface area contributed by atoms with Crippen LogP contribution in [0.1, 0.15) is 25.7 Å². The highest BCUT2D eigenvalue weighted by Crippen LogP contribution is 2.31. The molecule has 0 unspecified atom stereocenters. The average molecular weight is 268 g/mol. The van der Waals surface area contributed by atoms with E-state index < -0.39 is 5.82 Å². The summed E-state index contributed by atoms with van der Waals surface area (Å²) >= 11 is 5.73. The van der Waals surface area contributed by atoms with Gasteiger partial charge in [-0.25, -0.2) is 9.37 Å². The largest absolute Gasteiger partial charge is 0.383 e. The van der Waals surface area contributed by atoms with Crippen LogP contribution in [0.2, 0.25) is 5.02 Å². The maximum absolute atomic E-state index is 13.9. The molecule has 0 saturated heterocycles. The second kappa shape index (κ2) is 4.61. The Balaban J connectivity index is 2.62. The third-order valence-electron chi connectivity index (χ3n) is 2.83. The van der Waals surface area contributed by atoms with Crippen LogP contribution in [0, 0.1) is 12.7 Å². The summed E-state index contributed by atoms with van der Waals surface area (Å²) in [6.45, 7) is 5.87. The van der Waals surface area contributed by atoms with E-state index in [1.807, 2.05) is 25.3 Å². The standard InChI is InChI=1S/C13H15ClFN3/c1-7(2)18-8(3)17-12(13(18)16)10-5-4-9(14)6-11(10)15/h4-7H,16H2,1-3H3. The van der Waals surface area contributed by atoms with Gasteiger partial charge in [-0.3, -0.25) is 0 Å². The minimum atomic E-state index is -0.414. The van der Waals surface area contributed by atoms with Crippen molar-refractivity contribution in [1.29, 1.82) is 0 Å². The van der Waals surface area contributed by atoms with Crippen LogP contribution in [0.5, 0.6) is 0 Å². The van der Waals surface area contributed by atoms with Crippen LogP contribution in [0.4, 0.5) is 10.2 Å². The Morgan fingerprint density at radius 3 is 2.56 bits per heavy atom. The Labute approximate surface area is 110 Å². The summed E-state index contributed by atoms with van der Waals surface area (Å²) in [6.07, 6.45) is 0. The summed E-state index contributed by atoms with van der Waals surface area (Å²) in [5, 5.41) is 0.356. The molecule has 0 radical (unpaired) electrons. The fourth-order valence-corrected chi connectivity index (χ4v) is 2.25. The molecule has 0 saturated carbocycles. The first kappa shape index (κ1) is 12.9. The molecule has 0 aliphatic heterocycles. The highest BCUT2D eigenvalue weighted by Gasteiger charge is 2.18. The molecule has 0 atom stereocenters. The Kier molecular flexibility index (Phi) is 3.30. The molecule has 0 spiro atoms. The molecule has 1 aromatic heterocycles. The van der Waals surface area contributed by atoms with Gasteiger partial charge in [0.1, 0.15) is 23.2 Å². The SMILES string of the molecule is Cc1nc(-c2ccc(Cl)cc2F)c(N)n1C(C)C. The van der Waals surface area contributed by atoms with Gasteiger partial charge in [-0.1, -0.05) is 11.6 Å². The molecular formula is C13H15ClFN3. The lowest BCUT2D eigenvalue weighted by molar-refractivity contribution is 0.590. The van der Waals surface area contributed by atoms with Crippen molar-refractivity contribution < 1.29 is 4.39 Å². The van der Waals surface area contributed by atoms with E-state index in [0.717, 1.165) is 5.82 Å². The van der Waals surface area contributed by atoms with E-state index in [-0.39, 0.29) is 6.04 Å². The van der Waals surface area contributed by atoms with E-state index >= 15 is 0 Å². The molecule has 0 fully saturated rings. The van der Waals surface area contributed by atoms with Gasteiger partial charge in [0, 0.05) is 16.6 Å². The zero-order chi connectivity index (χ0) is 13.4. The van der Waals surface area contributed by atoms with Crippen LogP contribution in [-0.4, -0.2) is 9.55 Å². The molecule has 0 aliphatic carbocycles. The molecule has 2 aromatic rings. The van der Waals surface area contributed by atoms with Gasteiger partial charge in [0.2, 0.25) is 0 Å². The zero-order valence-corrected chi connectivity index (χ0v) is 11.3. The smallest absolute Gasteiger partial charge is 0.134 e. The maximum atomic E-state index is 13.9. The number of aryl methyl sites for hydroxylation is 1. The highest BCUT2D eigenvalue weighted by atomic mass is 35.5. The van der Waals surface area contributed by atoms with Crippen molar-refractivity contribution in [3.8, 4) is 11.3 Å². The molecule has 96 valence electrons. The van der Waals surface area contributed by atoms with E-state index in [9.17, 15) is 4.39 Å². The Morgan fingerprint density at radius 2 is 2.06 bits per heavy atom. The lowest BCUT2D eigenvalue weighted by atomic mass is 10.1. The predicted octanol–water partition coefficient (Wildman–Crippen LogP) is 3.81. The monoisotopic (exact) mass is 267 g/mol. The van der Waals surface area contributed by atoms with Gasteiger partial charge >= 0.3 is 0 Å². The fraction of sp³-hybridized carbons (Fsp3) is 0.308. The van der Waals surface area contributed by atoms with Crippen LogP contribution in [0.3, 0.4) is 0 Å². The molecular weight excluding hydrogens is 253 g/mol. The summed E-state index contributed by atoms with van der Waals surface area (Å²) in [4.78, 5) is 4.35. The van der Waals surface area contributed by atoms with Crippen molar-refractivity contribution in [2.24, 2.45) is 0 Å². The number of hydrogen-bond donors (Lipinski definition) is 1. The zero-order valence-electron chi connectivity index (χ0n) is 10.5. The number of benzene rings is 1. The molecule has 5 heteroatoms. The van der Waals surface area contributed by atoms with Gasteiger partial charge in [-0.15, -0.1) is 0 Å². The first-order valence-electron chi connectivity index (χ1n) is 5.71. The number of imidazole rings is 1. The summed E-state index contributed by atoms with van der Waals surface area (Å²) in [5.41, 5.74) is 6.89. The fourth-order valence-electron chi connectivity index (χ4n) is 2.09. The van der Waals surface area contributed by atoms with E-state index in [0.29, 0.717) is 22.1 Å². The van der Waals surface area contributed by atoms with Crippen molar-refractivity contribution in [2.75, 3.05) is 5.73 Å². The molecule has 0 amide bonds. The number of rotatable bonds is 2. The van der Waals surface area contributed by atoms with Gasteiger partial charge < -0.3 is 10.3 Å². The number of anilines is 1. The first-order valence-corrected chi connectivity index (χ1v) is 6.09. The second-order valence-corrected chi connectivity index (χ2v) is 4.92. The molecule has 0 bridgehead atoms. The number of aromatic nitrogens is 2. The average Bonchev–Trinajstić information content (AvgIpc) is 2.54. The Bertz CT molecular complexity index is 590. The van der Waals surface area contributed by atoms with Crippen molar-refractivity contribution in [1.82, 2.24) is 9.55 Å². The quantitative estimate of drug-likeness (QED) is 0.899. The third kappa shape index (κ3) is 2.08. The molecule has 2 N–H and O–H groups in total. The van der Waals surface area contributed by atoms with Crippen LogP contribution in [0.25, 0.3) is 11.3 Å². The second-order valence-electron chi connectivity index (χ2n) is 4.48. The van der Waals surface area contributed by atoms with Gasteiger partial charge in [-0.05, 0) is 39.0 Å². The summed E-state index contributed by atoms with van der Waals surface area (Å²) in [5.74, 6) is 0.832. The molecule has 0 aliphatic rings. The third-order valence-corrected chi connectivity index (χ3v) is 3.06. The summed E-state index contributed by atoms with van der Waals surface area (Å²) < 4.78 is 15.7. The molecule has 2 rings (SSSR count). The predicted molar refractivity (Wildman–Crippen MR) is 72.2 cm³/mol. The number of nitrogen functional groups attached to an aromatic ring is 1. The number of halogens is 2. The van der Waals surface area contributed by atoms with E-state index in [2.05, 4.69) is 4.98 Å². The van der Waals surface area contributed by atoms with Gasteiger partial charge in [0.25, 0.3) is 0 Å². The van der Waals surface area contributed by atoms with E-state index in [1.54, 1.807) is 12.1 Å². The van der Waals surface area contributed by atoms with Crippen molar-refractivity contribution in [3.63, 3.8) is 0 Å². The van der Waals surface area contributed by atoms with Crippen molar-refractivity contribution in [3.05, 3.63) is 34.9 Å². The van der Waals surface area contributed by atoms with Crippen molar-refractivity contribution >= 4 is 17.4 Å². The maximum Gasteiger partial charge on any atom is 0.134 e.